The van der Waals surface area contributed by atoms with E-state index >= 15 is 0 Å². The fourth-order valence-corrected chi connectivity index (χ4v) is 3.93. The molecule has 2 unspecified atom stereocenters. The number of nitrogens with zero attached hydrogens (tertiary/aromatic N) is 3. The van der Waals surface area contributed by atoms with E-state index in [0.717, 1.165) is 70.0 Å². The number of ether oxygens (including phenoxy) is 2. The molecule has 2 aliphatic heterocycles. The highest BCUT2D eigenvalue weighted by Gasteiger charge is 2.24. The Morgan fingerprint density at radius 3 is 2.63 bits per heavy atom. The fraction of sp³-hybridized carbons (Fsp3) is 0.650. The molecule has 0 aromatic heterocycles. The van der Waals surface area contributed by atoms with Crippen molar-refractivity contribution in [3.63, 3.8) is 0 Å². The molecule has 150 valence electrons. The lowest BCUT2D eigenvalue weighted by atomic mass is 10.0. The molecule has 2 aliphatic rings. The van der Waals surface area contributed by atoms with Gasteiger partial charge in [-0.3, -0.25) is 9.89 Å². The minimum Gasteiger partial charge on any atom is -0.381 e. The molecule has 1 N–H and O–H groups in total. The smallest absolute Gasteiger partial charge is 0.193 e. The van der Waals surface area contributed by atoms with Crippen LogP contribution in [0.2, 0.25) is 5.02 Å². The minimum atomic E-state index is 0.256. The molecule has 0 radical (unpaired) electrons. The van der Waals surface area contributed by atoms with E-state index in [-0.39, 0.29) is 6.04 Å². The number of benzene rings is 1. The third-order valence-corrected chi connectivity index (χ3v) is 5.58. The third-order valence-electron chi connectivity index (χ3n) is 5.32. The maximum atomic E-state index is 6.09. The second kappa shape index (κ2) is 10.3. The van der Waals surface area contributed by atoms with Crippen LogP contribution in [0.5, 0.6) is 0 Å². The molecule has 0 amide bonds. The van der Waals surface area contributed by atoms with Crippen LogP contribution in [0.4, 0.5) is 0 Å². The van der Waals surface area contributed by atoms with Crippen LogP contribution in [0.15, 0.2) is 29.3 Å². The highest BCUT2D eigenvalue weighted by molar-refractivity contribution is 6.30. The van der Waals surface area contributed by atoms with Crippen LogP contribution < -0.4 is 5.32 Å². The van der Waals surface area contributed by atoms with Gasteiger partial charge in [-0.2, -0.15) is 0 Å². The van der Waals surface area contributed by atoms with Gasteiger partial charge in [-0.25, -0.2) is 0 Å². The number of aliphatic imine (C=N–C) groups is 1. The van der Waals surface area contributed by atoms with Gasteiger partial charge in [0, 0.05) is 57.8 Å². The molecule has 1 aromatic carbocycles. The van der Waals surface area contributed by atoms with Crippen LogP contribution in [-0.2, 0) is 9.47 Å². The first kappa shape index (κ1) is 20.4. The van der Waals surface area contributed by atoms with Gasteiger partial charge in [0.25, 0.3) is 0 Å². The summed E-state index contributed by atoms with van der Waals surface area (Å²) < 4.78 is 11.0. The van der Waals surface area contributed by atoms with Crippen LogP contribution in [0.25, 0.3) is 0 Å². The number of hydrogen-bond donors (Lipinski definition) is 1. The Morgan fingerprint density at radius 2 is 2.00 bits per heavy atom. The zero-order valence-electron chi connectivity index (χ0n) is 16.4. The zero-order chi connectivity index (χ0) is 19.1. The van der Waals surface area contributed by atoms with E-state index in [1.807, 2.05) is 19.2 Å². The predicted octanol–water partition coefficient (Wildman–Crippen LogP) is 2.26. The van der Waals surface area contributed by atoms with Crippen molar-refractivity contribution in [3.05, 3.63) is 34.9 Å². The monoisotopic (exact) mass is 394 g/mol. The largest absolute Gasteiger partial charge is 0.381 e. The molecular weight excluding hydrogens is 364 g/mol. The molecule has 7 heteroatoms. The van der Waals surface area contributed by atoms with Crippen molar-refractivity contribution in [3.8, 4) is 0 Å². The predicted molar refractivity (Wildman–Crippen MR) is 110 cm³/mol. The van der Waals surface area contributed by atoms with Gasteiger partial charge in [0.1, 0.15) is 0 Å². The minimum absolute atomic E-state index is 0.256. The molecule has 0 aliphatic carbocycles. The van der Waals surface area contributed by atoms with Gasteiger partial charge in [-0.15, -0.1) is 0 Å². The first-order valence-corrected chi connectivity index (χ1v) is 10.1. The van der Waals surface area contributed by atoms with Crippen LogP contribution in [0, 0.1) is 5.92 Å². The Labute approximate surface area is 167 Å². The number of rotatable bonds is 6. The Kier molecular flexibility index (Phi) is 7.76. The maximum absolute atomic E-state index is 6.09. The van der Waals surface area contributed by atoms with Crippen LogP contribution in [-0.4, -0.2) is 82.5 Å². The number of morpholine rings is 1. The highest BCUT2D eigenvalue weighted by Crippen LogP contribution is 2.23. The van der Waals surface area contributed by atoms with Crippen molar-refractivity contribution in [1.29, 1.82) is 0 Å². The van der Waals surface area contributed by atoms with Gasteiger partial charge in [-0.1, -0.05) is 23.7 Å². The average molecular weight is 395 g/mol. The van der Waals surface area contributed by atoms with E-state index in [1.165, 1.54) is 5.56 Å². The molecule has 2 heterocycles. The number of halogens is 1. The van der Waals surface area contributed by atoms with E-state index in [0.29, 0.717) is 5.92 Å². The second-order valence-corrected chi connectivity index (χ2v) is 7.69. The zero-order valence-corrected chi connectivity index (χ0v) is 17.1. The Morgan fingerprint density at radius 1 is 1.26 bits per heavy atom. The number of nitrogens with one attached hydrogen (secondary N) is 1. The number of guanidine groups is 1. The van der Waals surface area contributed by atoms with Gasteiger partial charge in [0.2, 0.25) is 0 Å². The van der Waals surface area contributed by atoms with Gasteiger partial charge in [-0.05, 0) is 24.1 Å². The summed E-state index contributed by atoms with van der Waals surface area (Å²) in [4.78, 5) is 9.16. The molecule has 1 aromatic rings. The molecule has 0 saturated carbocycles. The topological polar surface area (TPSA) is 49.3 Å². The fourth-order valence-electron chi connectivity index (χ4n) is 3.81. The van der Waals surface area contributed by atoms with E-state index < -0.39 is 0 Å². The van der Waals surface area contributed by atoms with Crippen molar-refractivity contribution in [2.45, 2.75) is 12.5 Å². The Balaban J connectivity index is 1.64. The summed E-state index contributed by atoms with van der Waals surface area (Å²) in [6.07, 6.45) is 1.13. The van der Waals surface area contributed by atoms with Crippen molar-refractivity contribution in [2.75, 3.05) is 66.7 Å². The molecule has 27 heavy (non-hydrogen) atoms. The molecular formula is C20H31ClN4O2. The van der Waals surface area contributed by atoms with Crippen LogP contribution >= 0.6 is 11.6 Å². The number of hydrogen-bond acceptors (Lipinski definition) is 4. The molecule has 0 bridgehead atoms. The summed E-state index contributed by atoms with van der Waals surface area (Å²) in [7, 11) is 3.94. The lowest BCUT2D eigenvalue weighted by Crippen LogP contribution is -2.47. The SMILES string of the molecule is CN=C(NCC(c1ccc(Cl)cc1)N1CCOCC1)N(C)CC1CCOC1. The first-order valence-electron chi connectivity index (χ1n) is 9.74. The molecule has 3 rings (SSSR count). The summed E-state index contributed by atoms with van der Waals surface area (Å²) in [5.74, 6) is 1.51. The maximum Gasteiger partial charge on any atom is 0.193 e. The van der Waals surface area contributed by atoms with Crippen molar-refractivity contribution in [1.82, 2.24) is 15.1 Å². The molecule has 2 atom stereocenters. The average Bonchev–Trinajstić information content (AvgIpc) is 3.20. The Hall–Kier alpha value is -1.34. The lowest BCUT2D eigenvalue weighted by molar-refractivity contribution is 0.0169. The molecule has 2 fully saturated rings. The molecule has 0 spiro atoms. The highest BCUT2D eigenvalue weighted by atomic mass is 35.5. The summed E-state index contributed by atoms with van der Waals surface area (Å²) in [5.41, 5.74) is 1.26. The quantitative estimate of drug-likeness (QED) is 0.592. The molecule has 6 nitrogen and oxygen atoms in total. The summed E-state index contributed by atoms with van der Waals surface area (Å²) in [6, 6.07) is 8.42. The standard InChI is InChI=1S/C20H31ClN4O2/c1-22-20(24(2)14-16-7-10-27-15-16)23-13-19(25-8-11-26-12-9-25)17-3-5-18(21)6-4-17/h3-6,16,19H,7-15H2,1-2H3,(H,22,23). The second-order valence-electron chi connectivity index (χ2n) is 7.25. The summed E-state index contributed by atoms with van der Waals surface area (Å²) in [5, 5.41) is 4.34. The van der Waals surface area contributed by atoms with E-state index in [9.17, 15) is 0 Å². The van der Waals surface area contributed by atoms with Gasteiger partial charge in [0.05, 0.1) is 25.9 Å². The van der Waals surface area contributed by atoms with Gasteiger partial charge < -0.3 is 19.7 Å². The van der Waals surface area contributed by atoms with Crippen molar-refractivity contribution >= 4 is 17.6 Å². The van der Waals surface area contributed by atoms with Crippen molar-refractivity contribution in [2.24, 2.45) is 10.9 Å². The third kappa shape index (κ3) is 5.82. The summed E-state index contributed by atoms with van der Waals surface area (Å²) in [6.45, 7) is 6.90. The van der Waals surface area contributed by atoms with E-state index in [2.05, 4.69) is 39.3 Å². The van der Waals surface area contributed by atoms with Gasteiger partial charge >= 0.3 is 0 Å². The van der Waals surface area contributed by atoms with E-state index in [1.54, 1.807) is 0 Å². The van der Waals surface area contributed by atoms with Crippen molar-refractivity contribution < 1.29 is 9.47 Å². The van der Waals surface area contributed by atoms with Gasteiger partial charge in [0.15, 0.2) is 5.96 Å². The van der Waals surface area contributed by atoms with Crippen LogP contribution in [0.1, 0.15) is 18.0 Å². The first-order chi connectivity index (χ1) is 13.2. The normalized spacial score (nSPS) is 22.6. The molecule has 2 saturated heterocycles. The Bertz CT molecular complexity index is 599. The van der Waals surface area contributed by atoms with E-state index in [4.69, 9.17) is 21.1 Å². The lowest BCUT2D eigenvalue weighted by Gasteiger charge is -2.36. The van der Waals surface area contributed by atoms with Crippen LogP contribution in [0.3, 0.4) is 0 Å². The summed E-state index contributed by atoms with van der Waals surface area (Å²) >= 11 is 6.09.